The van der Waals surface area contributed by atoms with Crippen LogP contribution in [0.3, 0.4) is 0 Å². The second-order valence-electron chi connectivity index (χ2n) is 8.90. The zero-order valence-corrected chi connectivity index (χ0v) is 23.4. The van der Waals surface area contributed by atoms with E-state index >= 15 is 0 Å². The number of thiazole rings is 1. The molecule has 4 aromatic rings. The van der Waals surface area contributed by atoms with Crippen LogP contribution in [0.1, 0.15) is 43.5 Å². The van der Waals surface area contributed by atoms with Gasteiger partial charge >= 0.3 is 5.97 Å². The van der Waals surface area contributed by atoms with Crippen molar-refractivity contribution in [1.29, 1.82) is 0 Å². The number of benzene rings is 3. The van der Waals surface area contributed by atoms with E-state index in [4.69, 9.17) is 19.2 Å². The molecule has 0 fully saturated rings. The Bertz CT molecular complexity index is 1720. The van der Waals surface area contributed by atoms with Gasteiger partial charge in [0.25, 0.3) is 5.56 Å². The van der Waals surface area contributed by atoms with E-state index in [0.717, 1.165) is 16.7 Å². The number of carbonyl (C=O) groups excluding carboxylic acids is 1. The first kappa shape index (κ1) is 27.1. The van der Waals surface area contributed by atoms with Crippen molar-refractivity contribution in [2.75, 3.05) is 19.8 Å². The van der Waals surface area contributed by atoms with Gasteiger partial charge in [0.15, 0.2) is 4.80 Å². The summed E-state index contributed by atoms with van der Waals surface area (Å²) in [5, 5.41) is 0. The molecule has 1 atom stereocenters. The summed E-state index contributed by atoms with van der Waals surface area (Å²) >= 11 is 1.28. The van der Waals surface area contributed by atoms with Crippen LogP contribution in [0, 0.1) is 0 Å². The molecule has 0 saturated carbocycles. The SMILES string of the molecule is CCOC(=O)C1=C(c2ccccc2)N=c2s/c(=C\c3ccccc3OCC)c(=O)n2[C@H]1c1ccc(OCC)cc1. The van der Waals surface area contributed by atoms with Crippen LogP contribution in [0.2, 0.25) is 0 Å². The topological polar surface area (TPSA) is 79.1 Å². The van der Waals surface area contributed by atoms with Crippen LogP contribution in [0.15, 0.2) is 94.2 Å². The third kappa shape index (κ3) is 5.35. The third-order valence-electron chi connectivity index (χ3n) is 6.39. The minimum Gasteiger partial charge on any atom is -0.494 e. The van der Waals surface area contributed by atoms with Crippen LogP contribution in [-0.2, 0) is 9.53 Å². The molecule has 1 aliphatic heterocycles. The lowest BCUT2D eigenvalue weighted by molar-refractivity contribution is -0.138. The van der Waals surface area contributed by atoms with Crippen molar-refractivity contribution in [3.05, 3.63) is 121 Å². The lowest BCUT2D eigenvalue weighted by atomic mass is 9.93. The van der Waals surface area contributed by atoms with Gasteiger partial charge < -0.3 is 14.2 Å². The van der Waals surface area contributed by atoms with E-state index < -0.39 is 12.0 Å². The molecular weight excluding hydrogens is 524 g/mol. The number of hydrogen-bond acceptors (Lipinski definition) is 7. The number of nitrogens with zero attached hydrogens (tertiary/aromatic N) is 2. The van der Waals surface area contributed by atoms with Gasteiger partial charge in [0.1, 0.15) is 11.5 Å². The van der Waals surface area contributed by atoms with Crippen molar-refractivity contribution in [1.82, 2.24) is 4.57 Å². The van der Waals surface area contributed by atoms with Crippen LogP contribution in [-0.4, -0.2) is 30.4 Å². The first-order chi connectivity index (χ1) is 19.5. The highest BCUT2D eigenvalue weighted by Crippen LogP contribution is 2.35. The fourth-order valence-corrected chi connectivity index (χ4v) is 5.69. The zero-order chi connectivity index (χ0) is 28.1. The second kappa shape index (κ2) is 12.2. The maximum atomic E-state index is 14.1. The first-order valence-corrected chi connectivity index (χ1v) is 14.1. The quantitative estimate of drug-likeness (QED) is 0.280. The third-order valence-corrected chi connectivity index (χ3v) is 7.37. The highest BCUT2D eigenvalue weighted by Gasteiger charge is 2.35. The molecule has 7 nitrogen and oxygen atoms in total. The van der Waals surface area contributed by atoms with Crippen molar-refractivity contribution in [2.24, 2.45) is 4.99 Å². The summed E-state index contributed by atoms with van der Waals surface area (Å²) in [7, 11) is 0. The van der Waals surface area contributed by atoms with Gasteiger partial charge in [-0.1, -0.05) is 72.0 Å². The molecule has 0 saturated heterocycles. The molecule has 3 aromatic carbocycles. The Morgan fingerprint density at radius 1 is 0.900 bits per heavy atom. The van der Waals surface area contributed by atoms with Gasteiger partial charge in [-0.3, -0.25) is 9.36 Å². The van der Waals surface area contributed by atoms with Crippen molar-refractivity contribution in [2.45, 2.75) is 26.8 Å². The molecule has 0 bridgehead atoms. The lowest BCUT2D eigenvalue weighted by Gasteiger charge is -2.26. The Hall–Kier alpha value is -4.43. The van der Waals surface area contributed by atoms with Gasteiger partial charge in [-0.05, 0) is 50.6 Å². The normalized spacial score (nSPS) is 14.9. The highest BCUT2D eigenvalue weighted by molar-refractivity contribution is 7.07. The number of hydrogen-bond donors (Lipinski definition) is 0. The number of ether oxygens (including phenoxy) is 3. The van der Waals surface area contributed by atoms with Gasteiger partial charge in [0.05, 0.1) is 41.7 Å². The first-order valence-electron chi connectivity index (χ1n) is 13.3. The molecule has 0 unspecified atom stereocenters. The average molecular weight is 555 g/mol. The monoisotopic (exact) mass is 554 g/mol. The Labute approximate surface area is 236 Å². The Morgan fingerprint density at radius 2 is 1.60 bits per heavy atom. The Morgan fingerprint density at radius 3 is 2.30 bits per heavy atom. The van der Waals surface area contributed by atoms with Crippen LogP contribution >= 0.6 is 11.3 Å². The lowest BCUT2D eigenvalue weighted by Crippen LogP contribution is -2.40. The van der Waals surface area contributed by atoms with Crippen molar-refractivity contribution in [3.8, 4) is 11.5 Å². The van der Waals surface area contributed by atoms with E-state index in [1.165, 1.54) is 11.3 Å². The summed E-state index contributed by atoms with van der Waals surface area (Å²) in [6.07, 6.45) is 1.82. The molecule has 0 amide bonds. The summed E-state index contributed by atoms with van der Waals surface area (Å²) in [5.74, 6) is 0.882. The highest BCUT2D eigenvalue weighted by atomic mass is 32.1. The van der Waals surface area contributed by atoms with Crippen LogP contribution in [0.4, 0.5) is 0 Å². The predicted octanol–water partition coefficient (Wildman–Crippen LogP) is 4.73. The molecule has 0 N–H and O–H groups in total. The maximum absolute atomic E-state index is 14.1. The van der Waals surface area contributed by atoms with E-state index in [1.54, 1.807) is 11.5 Å². The van der Waals surface area contributed by atoms with Crippen molar-refractivity contribution in [3.63, 3.8) is 0 Å². The molecule has 5 rings (SSSR count). The fraction of sp³-hybridized carbons (Fsp3) is 0.219. The van der Waals surface area contributed by atoms with E-state index in [2.05, 4.69) is 0 Å². The second-order valence-corrected chi connectivity index (χ2v) is 9.91. The smallest absolute Gasteiger partial charge is 0.338 e. The minimum atomic E-state index is -0.745. The molecule has 0 spiro atoms. The average Bonchev–Trinajstić information content (AvgIpc) is 3.29. The summed E-state index contributed by atoms with van der Waals surface area (Å²) < 4.78 is 19.0. The number of aromatic nitrogens is 1. The molecule has 0 radical (unpaired) electrons. The predicted molar refractivity (Wildman–Crippen MR) is 156 cm³/mol. The maximum Gasteiger partial charge on any atom is 0.338 e. The fourth-order valence-electron chi connectivity index (χ4n) is 4.70. The number of rotatable bonds is 9. The summed E-state index contributed by atoms with van der Waals surface area (Å²) in [6, 6.07) is 23.8. The van der Waals surface area contributed by atoms with Crippen molar-refractivity contribution >= 4 is 29.1 Å². The van der Waals surface area contributed by atoms with Crippen LogP contribution < -0.4 is 24.4 Å². The van der Waals surface area contributed by atoms with E-state index in [9.17, 15) is 9.59 Å². The van der Waals surface area contributed by atoms with Crippen LogP contribution in [0.5, 0.6) is 11.5 Å². The number of para-hydroxylation sites is 1. The molecule has 8 heteroatoms. The Balaban J connectivity index is 1.79. The number of esters is 1. The minimum absolute atomic E-state index is 0.193. The molecular formula is C32H30N2O5S. The zero-order valence-electron chi connectivity index (χ0n) is 22.6. The van der Waals surface area contributed by atoms with E-state index in [0.29, 0.717) is 45.3 Å². The van der Waals surface area contributed by atoms with E-state index in [-0.39, 0.29) is 12.2 Å². The van der Waals surface area contributed by atoms with Gasteiger partial charge in [-0.25, -0.2) is 9.79 Å². The number of fused-ring (bicyclic) bond motifs is 1. The van der Waals surface area contributed by atoms with Gasteiger partial charge in [-0.2, -0.15) is 0 Å². The molecule has 0 aliphatic carbocycles. The summed E-state index contributed by atoms with van der Waals surface area (Å²) in [4.78, 5) is 33.0. The van der Waals surface area contributed by atoms with Gasteiger partial charge in [0, 0.05) is 11.1 Å². The number of carbonyl (C=O) groups is 1. The van der Waals surface area contributed by atoms with Crippen LogP contribution in [0.25, 0.3) is 11.8 Å². The molecule has 1 aromatic heterocycles. The molecule has 204 valence electrons. The van der Waals surface area contributed by atoms with Gasteiger partial charge in [-0.15, -0.1) is 0 Å². The Kier molecular flexibility index (Phi) is 8.26. The van der Waals surface area contributed by atoms with Crippen molar-refractivity contribution < 1.29 is 19.0 Å². The largest absolute Gasteiger partial charge is 0.494 e. The molecule has 2 heterocycles. The standard InChI is InChI=1S/C32H30N2O5S/c1-4-37-24-18-16-22(17-19-24)29-27(31(36)39-6-3)28(21-12-8-7-9-13-21)33-32-34(29)30(35)26(40-32)20-23-14-10-11-15-25(23)38-5-2/h7-20,29H,4-6H2,1-3H3/b26-20-/t29-/m0/s1. The van der Waals surface area contributed by atoms with Gasteiger partial charge in [0.2, 0.25) is 0 Å². The van der Waals surface area contributed by atoms with E-state index in [1.807, 2.05) is 98.8 Å². The summed E-state index contributed by atoms with van der Waals surface area (Å²) in [6.45, 7) is 6.83. The summed E-state index contributed by atoms with van der Waals surface area (Å²) in [5.41, 5.74) is 2.85. The molecule has 40 heavy (non-hydrogen) atoms. The molecule has 1 aliphatic rings.